The number of methoxy groups -OCH3 is 1. The number of rotatable bonds is 5. The van der Waals surface area contributed by atoms with E-state index in [2.05, 4.69) is 49.0 Å². The van der Waals surface area contributed by atoms with Crippen molar-refractivity contribution in [2.75, 3.05) is 30.8 Å². The smallest absolute Gasteiger partial charge is 0.322 e. The van der Waals surface area contributed by atoms with Crippen molar-refractivity contribution >= 4 is 50.6 Å². The summed E-state index contributed by atoms with van der Waals surface area (Å²) in [4.78, 5) is 22.6. The van der Waals surface area contributed by atoms with Crippen LogP contribution in [0.3, 0.4) is 0 Å². The van der Waals surface area contributed by atoms with Gasteiger partial charge in [0.15, 0.2) is 0 Å². The van der Waals surface area contributed by atoms with Crippen LogP contribution in [0.1, 0.15) is 12.1 Å². The molecule has 0 aliphatic carbocycles. The van der Waals surface area contributed by atoms with E-state index in [4.69, 9.17) is 4.74 Å². The molecule has 4 heterocycles. The summed E-state index contributed by atoms with van der Waals surface area (Å²) in [5.41, 5.74) is 6.61. The van der Waals surface area contributed by atoms with Gasteiger partial charge in [-0.25, -0.2) is 9.78 Å². The summed E-state index contributed by atoms with van der Waals surface area (Å²) < 4.78 is 5.33. The van der Waals surface area contributed by atoms with Crippen LogP contribution in [0.25, 0.3) is 27.5 Å². The molecule has 2 amide bonds. The second-order valence-electron chi connectivity index (χ2n) is 8.66. The highest BCUT2D eigenvalue weighted by Crippen LogP contribution is 2.31. The Morgan fingerprint density at radius 1 is 1.11 bits per heavy atom. The number of hydrogen-bond acceptors (Lipinski definition) is 5. The van der Waals surface area contributed by atoms with Gasteiger partial charge in [0, 0.05) is 41.4 Å². The summed E-state index contributed by atoms with van der Waals surface area (Å²) in [5, 5.41) is 15.6. The minimum atomic E-state index is -0.144. The third kappa shape index (κ3) is 4.11. The monoisotopic (exact) mass is 479 g/mol. The van der Waals surface area contributed by atoms with Crippen LogP contribution >= 0.6 is 0 Å². The number of nitrogens with zero attached hydrogens (tertiary/aromatic N) is 3. The van der Waals surface area contributed by atoms with Gasteiger partial charge in [0.2, 0.25) is 0 Å². The van der Waals surface area contributed by atoms with Crippen molar-refractivity contribution in [2.24, 2.45) is 0 Å². The van der Waals surface area contributed by atoms with Crippen molar-refractivity contribution in [2.45, 2.75) is 6.42 Å². The molecule has 6 rings (SSSR count). The van der Waals surface area contributed by atoms with Crippen molar-refractivity contribution in [1.82, 2.24) is 25.1 Å². The fraction of sp³-hybridized carbons (Fsp3) is 0.148. The predicted octanol–water partition coefficient (Wildman–Crippen LogP) is 5.51. The molecule has 0 spiro atoms. The molecule has 180 valence electrons. The molecule has 9 nitrogen and oxygen atoms in total. The number of urea groups is 1. The van der Waals surface area contributed by atoms with Crippen LogP contribution in [0.4, 0.5) is 21.9 Å². The Hall–Kier alpha value is -4.79. The third-order valence-electron chi connectivity index (χ3n) is 6.44. The molecular formula is C27H25N7O2. The number of amides is 2. The highest BCUT2D eigenvalue weighted by molar-refractivity contribution is 5.95. The molecule has 0 saturated carbocycles. The lowest BCUT2D eigenvalue weighted by atomic mass is 10.0. The molecule has 1 aliphatic rings. The van der Waals surface area contributed by atoms with E-state index in [0.29, 0.717) is 24.5 Å². The number of aromatic nitrogens is 4. The summed E-state index contributed by atoms with van der Waals surface area (Å²) in [6, 6.07) is 17.4. The average molecular weight is 480 g/mol. The van der Waals surface area contributed by atoms with E-state index in [1.54, 1.807) is 18.2 Å². The lowest BCUT2D eigenvalue weighted by molar-refractivity contribution is 0.217. The molecule has 0 atom stereocenters. The van der Waals surface area contributed by atoms with E-state index in [-0.39, 0.29) is 6.03 Å². The maximum Gasteiger partial charge on any atom is 0.322 e. The van der Waals surface area contributed by atoms with Crippen LogP contribution < -0.4 is 15.4 Å². The first-order valence-corrected chi connectivity index (χ1v) is 11.7. The summed E-state index contributed by atoms with van der Waals surface area (Å²) in [7, 11) is 1.59. The molecule has 0 saturated heterocycles. The number of carbonyl (C=O) groups is 1. The molecule has 1 aliphatic heterocycles. The second kappa shape index (κ2) is 9.10. The van der Waals surface area contributed by atoms with Gasteiger partial charge in [-0.15, -0.1) is 0 Å². The summed E-state index contributed by atoms with van der Waals surface area (Å²) >= 11 is 0. The van der Waals surface area contributed by atoms with Crippen molar-refractivity contribution in [3.63, 3.8) is 0 Å². The minimum Gasteiger partial charge on any atom is -0.495 e. The fourth-order valence-corrected chi connectivity index (χ4v) is 4.53. The molecular weight excluding hydrogens is 454 g/mol. The zero-order valence-electron chi connectivity index (χ0n) is 19.7. The average Bonchev–Trinajstić information content (AvgIpc) is 3.56. The van der Waals surface area contributed by atoms with Gasteiger partial charge in [0.25, 0.3) is 0 Å². The van der Waals surface area contributed by atoms with E-state index in [1.807, 2.05) is 48.7 Å². The zero-order chi connectivity index (χ0) is 24.5. The number of H-pyrrole nitrogens is 2. The van der Waals surface area contributed by atoms with Crippen molar-refractivity contribution in [3.05, 3.63) is 78.8 Å². The Balaban J connectivity index is 1.19. The molecule has 2 aromatic carbocycles. The van der Waals surface area contributed by atoms with Gasteiger partial charge in [0.1, 0.15) is 11.4 Å². The first-order chi connectivity index (χ1) is 17.7. The topological polar surface area (TPSA) is 111 Å². The number of carbonyl (C=O) groups excluding carboxylic acids is 1. The van der Waals surface area contributed by atoms with E-state index in [1.165, 1.54) is 5.57 Å². The fourth-order valence-electron chi connectivity index (χ4n) is 4.53. The van der Waals surface area contributed by atoms with Crippen molar-refractivity contribution in [3.8, 4) is 5.75 Å². The molecule has 0 radical (unpaired) electrons. The lowest BCUT2D eigenvalue weighted by Gasteiger charge is -2.26. The van der Waals surface area contributed by atoms with Crippen molar-refractivity contribution in [1.29, 1.82) is 0 Å². The SMILES string of the molecule is COc1ccccc1NC(=O)N1CC=C(c2cc3c(Nc4ccc5[nH]ncc5c4)ccnc3[nH]2)CC1. The lowest BCUT2D eigenvalue weighted by Crippen LogP contribution is -2.38. The number of benzene rings is 2. The Morgan fingerprint density at radius 3 is 2.89 bits per heavy atom. The Kier molecular flexibility index (Phi) is 5.49. The van der Waals surface area contributed by atoms with Crippen LogP contribution in [0.5, 0.6) is 5.75 Å². The number of aromatic amines is 2. The van der Waals surface area contributed by atoms with Crippen molar-refractivity contribution < 1.29 is 9.53 Å². The standard InChI is InChI=1S/C27H25N7O2/c1-36-25-5-3-2-4-23(25)32-27(35)34-12-9-17(10-13-34)24-15-20-22(8-11-28-26(20)31-24)30-19-6-7-21-18(14-19)16-29-33-21/h2-9,11,14-16H,10,12-13H2,1H3,(H,29,33)(H,32,35)(H2,28,30,31). The number of nitrogens with one attached hydrogen (secondary N) is 4. The first kappa shape index (κ1) is 21.7. The van der Waals surface area contributed by atoms with Gasteiger partial charge in [-0.3, -0.25) is 5.10 Å². The number of para-hydroxylation sites is 2. The zero-order valence-corrected chi connectivity index (χ0v) is 19.7. The van der Waals surface area contributed by atoms with Gasteiger partial charge in [-0.1, -0.05) is 18.2 Å². The van der Waals surface area contributed by atoms with E-state index < -0.39 is 0 Å². The Labute approximate surface area is 207 Å². The maximum absolute atomic E-state index is 12.8. The molecule has 3 aromatic heterocycles. The van der Waals surface area contributed by atoms with Crippen LogP contribution in [0.2, 0.25) is 0 Å². The number of hydrogen-bond donors (Lipinski definition) is 4. The first-order valence-electron chi connectivity index (χ1n) is 11.7. The summed E-state index contributed by atoms with van der Waals surface area (Å²) in [6.07, 6.45) is 6.44. The van der Waals surface area contributed by atoms with Crippen LogP contribution in [0, 0.1) is 0 Å². The van der Waals surface area contributed by atoms with E-state index in [9.17, 15) is 4.79 Å². The molecule has 36 heavy (non-hydrogen) atoms. The van der Waals surface area contributed by atoms with Gasteiger partial charge < -0.3 is 25.3 Å². The summed E-state index contributed by atoms with van der Waals surface area (Å²) in [6.45, 7) is 1.14. The number of ether oxygens (including phenoxy) is 1. The van der Waals surface area contributed by atoms with Gasteiger partial charge in [-0.05, 0) is 54.5 Å². The van der Waals surface area contributed by atoms with E-state index in [0.717, 1.165) is 45.4 Å². The minimum absolute atomic E-state index is 0.144. The number of anilines is 3. The van der Waals surface area contributed by atoms with Crippen LogP contribution in [-0.2, 0) is 0 Å². The molecule has 0 unspecified atom stereocenters. The quantitative estimate of drug-likeness (QED) is 0.266. The number of fused-ring (bicyclic) bond motifs is 2. The molecule has 0 bridgehead atoms. The highest BCUT2D eigenvalue weighted by atomic mass is 16.5. The molecule has 5 aromatic rings. The number of pyridine rings is 1. The van der Waals surface area contributed by atoms with Crippen LogP contribution in [-0.4, -0.2) is 51.3 Å². The Morgan fingerprint density at radius 2 is 2.03 bits per heavy atom. The predicted molar refractivity (Wildman–Crippen MR) is 142 cm³/mol. The third-order valence-corrected chi connectivity index (χ3v) is 6.44. The molecule has 0 fully saturated rings. The van der Waals surface area contributed by atoms with Gasteiger partial charge >= 0.3 is 6.03 Å². The largest absolute Gasteiger partial charge is 0.495 e. The Bertz CT molecular complexity index is 1600. The van der Waals surface area contributed by atoms with E-state index >= 15 is 0 Å². The second-order valence-corrected chi connectivity index (χ2v) is 8.66. The highest BCUT2D eigenvalue weighted by Gasteiger charge is 2.20. The normalized spacial score (nSPS) is 13.6. The molecule has 4 N–H and O–H groups in total. The van der Waals surface area contributed by atoms with Crippen LogP contribution in [0.15, 0.2) is 73.1 Å². The van der Waals surface area contributed by atoms with Gasteiger partial charge in [-0.2, -0.15) is 5.10 Å². The summed E-state index contributed by atoms with van der Waals surface area (Å²) in [5.74, 6) is 0.638. The molecule has 9 heteroatoms. The van der Waals surface area contributed by atoms with Gasteiger partial charge in [0.05, 0.1) is 30.2 Å². The maximum atomic E-state index is 12.8.